The Morgan fingerprint density at radius 1 is 1.18 bits per heavy atom. The number of ether oxygens (including phenoxy) is 1. The smallest absolute Gasteiger partial charge is 0.251 e. The van der Waals surface area contributed by atoms with Gasteiger partial charge in [-0.25, -0.2) is 4.39 Å². The van der Waals surface area contributed by atoms with Gasteiger partial charge >= 0.3 is 0 Å². The summed E-state index contributed by atoms with van der Waals surface area (Å²) in [5, 5.41) is 0. The minimum absolute atomic E-state index is 0.153. The lowest BCUT2D eigenvalue weighted by molar-refractivity contribution is -0.142. The van der Waals surface area contributed by atoms with Crippen molar-refractivity contribution in [2.45, 2.75) is 51.0 Å². The molecule has 1 aromatic carbocycles. The molecule has 0 saturated carbocycles. The normalized spacial score (nSPS) is 20.5. The first-order valence-corrected chi connectivity index (χ1v) is 10.2. The lowest BCUT2D eigenvalue weighted by Crippen LogP contribution is -2.43. The van der Waals surface area contributed by atoms with E-state index < -0.39 is 0 Å². The van der Waals surface area contributed by atoms with Gasteiger partial charge in [-0.1, -0.05) is 12.1 Å². The van der Waals surface area contributed by atoms with Crippen LogP contribution in [-0.4, -0.2) is 41.6 Å². The van der Waals surface area contributed by atoms with Gasteiger partial charge in [-0.3, -0.25) is 9.78 Å². The number of rotatable bonds is 4. The topological polar surface area (TPSA) is 42.4 Å². The zero-order valence-electron chi connectivity index (χ0n) is 16.4. The molecule has 0 N–H and O–H groups in total. The summed E-state index contributed by atoms with van der Waals surface area (Å²) >= 11 is 0. The number of likely N-dealkylation sites (tertiary alicyclic amines) is 1. The molecule has 5 heteroatoms. The van der Waals surface area contributed by atoms with Gasteiger partial charge in [0.2, 0.25) is 0 Å². The lowest BCUT2D eigenvalue weighted by atomic mass is 9.91. The maximum Gasteiger partial charge on any atom is 0.251 e. The molecule has 2 saturated heterocycles. The summed E-state index contributed by atoms with van der Waals surface area (Å²) in [6.45, 7) is 4.24. The van der Waals surface area contributed by atoms with Crippen LogP contribution < -0.4 is 0 Å². The lowest BCUT2D eigenvalue weighted by Gasteiger charge is -2.33. The van der Waals surface area contributed by atoms with E-state index in [-0.39, 0.29) is 17.8 Å². The average Bonchev–Trinajstić information content (AvgIpc) is 3.22. The molecule has 0 bridgehead atoms. The molecule has 2 fully saturated rings. The number of benzene rings is 1. The fraction of sp³-hybridized carbons (Fsp3) is 0.478. The highest BCUT2D eigenvalue weighted by Crippen LogP contribution is 2.29. The van der Waals surface area contributed by atoms with Crippen LogP contribution in [0.5, 0.6) is 0 Å². The average molecular weight is 382 g/mol. The van der Waals surface area contributed by atoms with E-state index in [4.69, 9.17) is 9.72 Å². The van der Waals surface area contributed by atoms with Crippen molar-refractivity contribution in [1.29, 1.82) is 0 Å². The van der Waals surface area contributed by atoms with E-state index in [1.54, 1.807) is 12.1 Å². The van der Waals surface area contributed by atoms with Gasteiger partial charge in [0.05, 0.1) is 0 Å². The first-order chi connectivity index (χ1) is 13.6. The molecule has 2 aliphatic heterocycles. The van der Waals surface area contributed by atoms with Gasteiger partial charge in [-0.05, 0) is 74.4 Å². The van der Waals surface area contributed by atoms with Crippen LogP contribution in [-0.2, 0) is 16.0 Å². The number of aryl methyl sites for hydroxylation is 1. The number of hydrogen-bond donors (Lipinski definition) is 0. The molecule has 0 spiro atoms. The molecule has 3 heterocycles. The van der Waals surface area contributed by atoms with Crippen molar-refractivity contribution in [3.8, 4) is 0 Å². The van der Waals surface area contributed by atoms with Crippen molar-refractivity contribution >= 4 is 5.91 Å². The van der Waals surface area contributed by atoms with Crippen LogP contribution in [0.25, 0.3) is 0 Å². The highest BCUT2D eigenvalue weighted by molar-refractivity contribution is 5.81. The van der Waals surface area contributed by atoms with Crippen LogP contribution in [0.15, 0.2) is 36.4 Å². The van der Waals surface area contributed by atoms with Crippen molar-refractivity contribution in [2.24, 2.45) is 0 Å². The van der Waals surface area contributed by atoms with Crippen molar-refractivity contribution in [3.05, 3.63) is 64.7 Å². The minimum atomic E-state index is -0.230. The molecule has 148 valence electrons. The minimum Gasteiger partial charge on any atom is -0.368 e. The number of nitrogens with zero attached hydrogens (tertiary/aromatic N) is 2. The van der Waals surface area contributed by atoms with Gasteiger partial charge in [0.15, 0.2) is 0 Å². The van der Waals surface area contributed by atoms with Gasteiger partial charge < -0.3 is 9.64 Å². The van der Waals surface area contributed by atoms with Crippen LogP contribution in [0, 0.1) is 12.7 Å². The highest BCUT2D eigenvalue weighted by Gasteiger charge is 2.31. The summed E-state index contributed by atoms with van der Waals surface area (Å²) in [5.74, 6) is 0.312. The van der Waals surface area contributed by atoms with Gasteiger partial charge in [-0.2, -0.15) is 0 Å². The summed E-state index contributed by atoms with van der Waals surface area (Å²) < 4.78 is 19.0. The van der Waals surface area contributed by atoms with Crippen LogP contribution in [0.3, 0.4) is 0 Å². The predicted molar refractivity (Wildman–Crippen MR) is 106 cm³/mol. The number of halogens is 1. The molecule has 0 radical (unpaired) electrons. The predicted octanol–water partition coefficient (Wildman–Crippen LogP) is 4.00. The summed E-state index contributed by atoms with van der Waals surface area (Å²) in [6, 6.07) is 11.0. The standard InChI is InChI=1S/C23H27FN2O2/c1-16-12-18(13-17-4-2-5-20(24)14-17)15-21(25-16)19-7-9-26(10-8-19)23(27)22-6-3-11-28-22/h2,4-5,12,14-15,19,22H,3,6-11,13H2,1H3. The van der Waals surface area contributed by atoms with E-state index in [9.17, 15) is 9.18 Å². The first-order valence-electron chi connectivity index (χ1n) is 10.2. The summed E-state index contributed by atoms with van der Waals surface area (Å²) in [5.41, 5.74) is 4.21. The van der Waals surface area contributed by atoms with Gasteiger partial charge in [0.1, 0.15) is 11.9 Å². The van der Waals surface area contributed by atoms with E-state index in [1.807, 2.05) is 17.9 Å². The van der Waals surface area contributed by atoms with E-state index in [1.165, 1.54) is 6.07 Å². The fourth-order valence-electron chi connectivity index (χ4n) is 4.33. The van der Waals surface area contributed by atoms with Crippen LogP contribution in [0.1, 0.15) is 54.1 Å². The number of aromatic nitrogens is 1. The number of carbonyl (C=O) groups excluding carboxylic acids is 1. The molecule has 28 heavy (non-hydrogen) atoms. The zero-order valence-corrected chi connectivity index (χ0v) is 16.4. The third kappa shape index (κ3) is 4.41. The second-order valence-corrected chi connectivity index (χ2v) is 7.95. The maximum atomic E-state index is 13.5. The monoisotopic (exact) mass is 382 g/mol. The van der Waals surface area contributed by atoms with Crippen LogP contribution in [0.2, 0.25) is 0 Å². The Morgan fingerprint density at radius 2 is 2.00 bits per heavy atom. The van der Waals surface area contributed by atoms with Gasteiger partial charge in [0, 0.05) is 37.0 Å². The van der Waals surface area contributed by atoms with Crippen molar-refractivity contribution in [1.82, 2.24) is 9.88 Å². The third-order valence-corrected chi connectivity index (χ3v) is 5.76. The van der Waals surface area contributed by atoms with Crippen molar-refractivity contribution in [2.75, 3.05) is 19.7 Å². The van der Waals surface area contributed by atoms with E-state index in [0.717, 1.165) is 61.3 Å². The number of hydrogen-bond acceptors (Lipinski definition) is 3. The first kappa shape index (κ1) is 19.1. The number of carbonyl (C=O) groups is 1. The second kappa shape index (κ2) is 8.39. The van der Waals surface area contributed by atoms with E-state index >= 15 is 0 Å². The Morgan fingerprint density at radius 3 is 2.71 bits per heavy atom. The quantitative estimate of drug-likeness (QED) is 0.803. The zero-order chi connectivity index (χ0) is 19.5. The molecule has 4 rings (SSSR count). The Hall–Kier alpha value is -2.27. The van der Waals surface area contributed by atoms with Gasteiger partial charge in [-0.15, -0.1) is 0 Å². The number of piperidine rings is 1. The summed E-state index contributed by atoms with van der Waals surface area (Å²) in [6.07, 6.45) is 4.15. The molecular weight excluding hydrogens is 355 g/mol. The van der Waals surface area contributed by atoms with E-state index in [2.05, 4.69) is 12.1 Å². The van der Waals surface area contributed by atoms with Crippen molar-refractivity contribution in [3.63, 3.8) is 0 Å². The van der Waals surface area contributed by atoms with Crippen molar-refractivity contribution < 1.29 is 13.9 Å². The second-order valence-electron chi connectivity index (χ2n) is 7.95. The molecule has 1 aromatic heterocycles. The fourth-order valence-corrected chi connectivity index (χ4v) is 4.33. The van der Waals surface area contributed by atoms with Crippen LogP contribution in [0.4, 0.5) is 4.39 Å². The molecule has 4 nitrogen and oxygen atoms in total. The molecule has 2 aliphatic rings. The molecular formula is C23H27FN2O2. The summed E-state index contributed by atoms with van der Waals surface area (Å²) in [4.78, 5) is 19.3. The third-order valence-electron chi connectivity index (χ3n) is 5.76. The molecule has 1 atom stereocenters. The molecule has 1 amide bonds. The SMILES string of the molecule is Cc1cc(Cc2cccc(F)c2)cc(C2CCN(C(=O)C3CCCO3)CC2)n1. The molecule has 0 aliphatic carbocycles. The Balaban J connectivity index is 1.42. The number of pyridine rings is 1. The van der Waals surface area contributed by atoms with Crippen LogP contribution >= 0.6 is 0 Å². The Bertz CT molecular complexity index is 840. The van der Waals surface area contributed by atoms with E-state index in [0.29, 0.717) is 18.9 Å². The largest absolute Gasteiger partial charge is 0.368 e. The number of amides is 1. The molecule has 2 aromatic rings. The summed E-state index contributed by atoms with van der Waals surface area (Å²) in [7, 11) is 0. The molecule has 1 unspecified atom stereocenters. The highest BCUT2D eigenvalue weighted by atomic mass is 19.1. The Labute approximate surface area is 165 Å². The maximum absolute atomic E-state index is 13.5. The Kier molecular flexibility index (Phi) is 5.72. The van der Waals surface area contributed by atoms with Gasteiger partial charge in [0.25, 0.3) is 5.91 Å².